The second kappa shape index (κ2) is 12.4. The van der Waals surface area contributed by atoms with E-state index in [9.17, 15) is 19.5 Å². The van der Waals surface area contributed by atoms with Gasteiger partial charge in [0, 0.05) is 18.0 Å². The van der Waals surface area contributed by atoms with Gasteiger partial charge in [0.05, 0.1) is 19.2 Å². The van der Waals surface area contributed by atoms with Crippen LogP contribution in [0.1, 0.15) is 61.0 Å². The SMILES string of the molecule is CN[C@H](C(=O)NC(C(=O)N(C)[C@H](/C=C(\C)C(=O)O)C(C)C)C(C)(C)C)C(C)(C)c1cccc(OC)c1. The largest absolute Gasteiger partial charge is 0.497 e. The molecule has 8 heteroatoms. The summed E-state index contributed by atoms with van der Waals surface area (Å²) >= 11 is 0. The van der Waals surface area contributed by atoms with E-state index in [2.05, 4.69) is 10.6 Å². The molecule has 1 rings (SSSR count). The number of carboxylic acids is 1. The number of amides is 2. The zero-order valence-corrected chi connectivity index (χ0v) is 23.7. The highest BCUT2D eigenvalue weighted by atomic mass is 16.5. The Bertz CT molecular complexity index is 962. The summed E-state index contributed by atoms with van der Waals surface area (Å²) in [6.45, 7) is 15.0. The molecule has 2 amide bonds. The first kappa shape index (κ1) is 31.2. The summed E-state index contributed by atoms with van der Waals surface area (Å²) < 4.78 is 5.36. The minimum absolute atomic E-state index is 0.0263. The van der Waals surface area contributed by atoms with Gasteiger partial charge >= 0.3 is 5.97 Å². The second-order valence-corrected chi connectivity index (χ2v) is 11.3. The summed E-state index contributed by atoms with van der Waals surface area (Å²) in [5.41, 5.74) is -0.125. The molecule has 0 heterocycles. The Morgan fingerprint density at radius 2 is 1.67 bits per heavy atom. The van der Waals surface area contributed by atoms with E-state index >= 15 is 0 Å². The van der Waals surface area contributed by atoms with Gasteiger partial charge in [-0.25, -0.2) is 4.79 Å². The topological polar surface area (TPSA) is 108 Å². The first-order valence-corrected chi connectivity index (χ1v) is 12.3. The molecule has 0 spiro atoms. The number of carbonyl (C=O) groups is 3. The lowest BCUT2D eigenvalue weighted by Crippen LogP contribution is -2.61. The van der Waals surface area contributed by atoms with Crippen LogP contribution in [0.25, 0.3) is 0 Å². The van der Waals surface area contributed by atoms with Crippen molar-refractivity contribution >= 4 is 17.8 Å². The number of benzene rings is 1. The van der Waals surface area contributed by atoms with Gasteiger partial charge in [-0.15, -0.1) is 0 Å². The third-order valence-corrected chi connectivity index (χ3v) is 6.72. The Morgan fingerprint density at radius 3 is 2.11 bits per heavy atom. The number of likely N-dealkylation sites (N-methyl/N-ethyl adjacent to an activating group) is 2. The van der Waals surface area contributed by atoms with E-state index in [1.807, 2.05) is 72.7 Å². The fraction of sp³-hybridized carbons (Fsp3) is 0.607. The molecule has 36 heavy (non-hydrogen) atoms. The van der Waals surface area contributed by atoms with Crippen molar-refractivity contribution in [3.05, 3.63) is 41.5 Å². The van der Waals surface area contributed by atoms with E-state index < -0.39 is 34.9 Å². The lowest BCUT2D eigenvalue weighted by molar-refractivity contribution is -0.141. The maximum Gasteiger partial charge on any atom is 0.331 e. The number of hydrogen-bond donors (Lipinski definition) is 3. The molecule has 0 aliphatic rings. The standard InChI is InChI=1S/C28H45N3O5/c1-17(2)21(15-18(3)26(34)35)31(10)25(33)23(27(4,5)6)30-24(32)22(29-9)28(7,8)19-13-12-14-20(16-19)36-11/h12-17,21-23,29H,1-11H3,(H,30,32)(H,34,35)/b18-15+/t21-,22-,23?/m1/s1. The number of rotatable bonds is 11. The summed E-state index contributed by atoms with van der Waals surface area (Å²) in [7, 11) is 4.97. The average Bonchev–Trinajstić information content (AvgIpc) is 2.79. The Balaban J connectivity index is 3.33. The lowest BCUT2D eigenvalue weighted by atomic mass is 9.76. The first-order chi connectivity index (χ1) is 16.5. The Morgan fingerprint density at radius 1 is 1.08 bits per heavy atom. The van der Waals surface area contributed by atoms with Crippen molar-refractivity contribution in [3.63, 3.8) is 0 Å². The highest BCUT2D eigenvalue weighted by molar-refractivity contribution is 5.91. The van der Waals surface area contributed by atoms with Gasteiger partial charge in [0.1, 0.15) is 11.8 Å². The number of aliphatic carboxylic acids is 1. The van der Waals surface area contributed by atoms with Crippen molar-refractivity contribution in [2.24, 2.45) is 11.3 Å². The van der Waals surface area contributed by atoms with Crippen LogP contribution in [0.15, 0.2) is 35.9 Å². The van der Waals surface area contributed by atoms with Gasteiger partial charge in [-0.1, -0.05) is 66.7 Å². The molecule has 0 radical (unpaired) electrons. The Labute approximate surface area is 216 Å². The Kier molecular flexibility index (Phi) is 10.7. The summed E-state index contributed by atoms with van der Waals surface area (Å²) in [4.78, 5) is 40.3. The van der Waals surface area contributed by atoms with E-state index in [4.69, 9.17) is 4.74 Å². The molecule has 3 atom stereocenters. The van der Waals surface area contributed by atoms with Gasteiger partial charge in [0.2, 0.25) is 11.8 Å². The van der Waals surface area contributed by atoms with Gasteiger partial charge in [-0.05, 0) is 43.0 Å². The molecule has 1 aromatic rings. The number of nitrogens with one attached hydrogen (secondary N) is 2. The van der Waals surface area contributed by atoms with Crippen LogP contribution in [-0.4, -0.2) is 67.1 Å². The van der Waals surface area contributed by atoms with Crippen LogP contribution in [0.3, 0.4) is 0 Å². The summed E-state index contributed by atoms with van der Waals surface area (Å²) in [5.74, 6) is -0.937. The lowest BCUT2D eigenvalue weighted by Gasteiger charge is -2.40. The zero-order chi connectivity index (χ0) is 28.0. The van der Waals surface area contributed by atoms with Gasteiger partial charge in [0.25, 0.3) is 0 Å². The maximum absolute atomic E-state index is 13.7. The highest BCUT2D eigenvalue weighted by Gasteiger charge is 2.41. The third kappa shape index (κ3) is 7.56. The van der Waals surface area contributed by atoms with Gasteiger partial charge in [-0.3, -0.25) is 9.59 Å². The van der Waals surface area contributed by atoms with E-state index in [0.29, 0.717) is 5.75 Å². The molecule has 0 aromatic heterocycles. The summed E-state index contributed by atoms with van der Waals surface area (Å²) in [6, 6.07) is 5.68. The maximum atomic E-state index is 13.7. The number of methoxy groups -OCH3 is 1. The molecule has 0 bridgehead atoms. The van der Waals surface area contributed by atoms with Crippen LogP contribution in [-0.2, 0) is 19.8 Å². The third-order valence-electron chi connectivity index (χ3n) is 6.72. The molecule has 0 aliphatic heterocycles. The minimum atomic E-state index is -1.03. The normalized spacial score (nSPS) is 15.2. The fourth-order valence-electron chi connectivity index (χ4n) is 4.31. The van der Waals surface area contributed by atoms with E-state index in [1.54, 1.807) is 27.3 Å². The molecular formula is C28H45N3O5. The predicted octanol–water partition coefficient (Wildman–Crippen LogP) is 3.61. The number of nitrogens with zero attached hydrogens (tertiary/aromatic N) is 1. The second-order valence-electron chi connectivity index (χ2n) is 11.3. The molecular weight excluding hydrogens is 458 g/mol. The minimum Gasteiger partial charge on any atom is -0.497 e. The van der Waals surface area contributed by atoms with Crippen LogP contribution >= 0.6 is 0 Å². The summed E-state index contributed by atoms with van der Waals surface area (Å²) in [6.07, 6.45) is 1.59. The van der Waals surface area contributed by atoms with Crippen LogP contribution in [0.4, 0.5) is 0 Å². The van der Waals surface area contributed by atoms with Crippen molar-refractivity contribution in [3.8, 4) is 5.75 Å². The molecule has 1 unspecified atom stereocenters. The van der Waals surface area contributed by atoms with Crippen molar-refractivity contribution in [2.75, 3.05) is 21.2 Å². The number of carbonyl (C=O) groups excluding carboxylic acids is 2. The first-order valence-electron chi connectivity index (χ1n) is 12.3. The van der Waals surface area contributed by atoms with Crippen LogP contribution in [0.5, 0.6) is 5.75 Å². The average molecular weight is 504 g/mol. The molecule has 1 aromatic carbocycles. The van der Waals surface area contributed by atoms with Gasteiger partial charge < -0.3 is 25.4 Å². The molecule has 0 saturated carbocycles. The summed E-state index contributed by atoms with van der Waals surface area (Å²) in [5, 5.41) is 15.5. The molecule has 0 fully saturated rings. The molecule has 0 aliphatic carbocycles. The quantitative estimate of drug-likeness (QED) is 0.398. The number of carboxylic acid groups (broad SMARTS) is 1. The van der Waals surface area contributed by atoms with E-state index in [-0.39, 0.29) is 23.3 Å². The molecule has 0 saturated heterocycles. The monoisotopic (exact) mass is 503 g/mol. The van der Waals surface area contributed by atoms with Crippen molar-refractivity contribution in [1.82, 2.24) is 15.5 Å². The zero-order valence-electron chi connectivity index (χ0n) is 23.7. The van der Waals surface area contributed by atoms with Crippen molar-refractivity contribution < 1.29 is 24.2 Å². The molecule has 3 N–H and O–H groups in total. The molecule has 8 nitrogen and oxygen atoms in total. The van der Waals surface area contributed by atoms with Crippen molar-refractivity contribution in [1.29, 1.82) is 0 Å². The van der Waals surface area contributed by atoms with Gasteiger partial charge in [0.15, 0.2) is 0 Å². The highest BCUT2D eigenvalue weighted by Crippen LogP contribution is 2.31. The number of ether oxygens (including phenoxy) is 1. The predicted molar refractivity (Wildman–Crippen MR) is 143 cm³/mol. The van der Waals surface area contributed by atoms with E-state index in [0.717, 1.165) is 5.56 Å². The fourth-order valence-corrected chi connectivity index (χ4v) is 4.31. The van der Waals surface area contributed by atoms with Crippen LogP contribution < -0.4 is 15.4 Å². The van der Waals surface area contributed by atoms with Crippen molar-refractivity contribution in [2.45, 2.75) is 78.9 Å². The molecule has 202 valence electrons. The van der Waals surface area contributed by atoms with Crippen LogP contribution in [0, 0.1) is 11.3 Å². The Hall–Kier alpha value is -2.87. The smallest absolute Gasteiger partial charge is 0.331 e. The van der Waals surface area contributed by atoms with Crippen LogP contribution in [0.2, 0.25) is 0 Å². The van der Waals surface area contributed by atoms with Gasteiger partial charge in [-0.2, -0.15) is 0 Å². The number of hydrogen-bond acceptors (Lipinski definition) is 5. The van der Waals surface area contributed by atoms with E-state index in [1.165, 1.54) is 11.8 Å².